The van der Waals surface area contributed by atoms with E-state index in [1.807, 2.05) is 18.2 Å². The molecule has 0 spiro atoms. The number of halogens is 1. The highest BCUT2D eigenvalue weighted by molar-refractivity contribution is 9.10. The van der Waals surface area contributed by atoms with Gasteiger partial charge in [-0.25, -0.2) is 0 Å². The van der Waals surface area contributed by atoms with Crippen molar-refractivity contribution in [3.63, 3.8) is 0 Å². The molecular weight excluding hydrogens is 398 g/mol. The first-order valence-electron chi connectivity index (χ1n) is 8.39. The molecular formula is C19H20BrN3O3. The van der Waals surface area contributed by atoms with Crippen molar-refractivity contribution in [2.24, 2.45) is 0 Å². The van der Waals surface area contributed by atoms with Gasteiger partial charge in [0.1, 0.15) is 5.75 Å². The van der Waals surface area contributed by atoms with Crippen LogP contribution >= 0.6 is 15.9 Å². The van der Waals surface area contributed by atoms with Crippen LogP contribution in [0.2, 0.25) is 0 Å². The van der Waals surface area contributed by atoms with Crippen LogP contribution in [0.1, 0.15) is 10.4 Å². The second-order valence-corrected chi connectivity index (χ2v) is 6.97. The number of rotatable bonds is 4. The predicted octanol–water partition coefficient (Wildman–Crippen LogP) is 2.23. The highest BCUT2D eigenvalue weighted by atomic mass is 79.9. The van der Waals surface area contributed by atoms with Gasteiger partial charge in [0.15, 0.2) is 0 Å². The molecule has 0 atom stereocenters. The number of hydrogen-bond acceptors (Lipinski definition) is 4. The normalized spacial score (nSPS) is 14.2. The number of phenolic OH excluding ortho intramolecular Hbond substituents is 1. The Kier molecular flexibility index (Phi) is 5.78. The molecule has 2 amide bonds. The average molecular weight is 418 g/mol. The monoisotopic (exact) mass is 417 g/mol. The maximum atomic E-state index is 12.3. The Balaban J connectivity index is 1.49. The van der Waals surface area contributed by atoms with E-state index < -0.39 is 0 Å². The van der Waals surface area contributed by atoms with Gasteiger partial charge in [-0.2, -0.15) is 0 Å². The second kappa shape index (κ2) is 8.23. The predicted molar refractivity (Wildman–Crippen MR) is 103 cm³/mol. The third kappa shape index (κ3) is 4.35. The molecule has 2 N–H and O–H groups in total. The van der Waals surface area contributed by atoms with Crippen LogP contribution in [0.5, 0.6) is 5.75 Å². The number of amides is 2. The molecule has 3 rings (SSSR count). The fourth-order valence-electron chi connectivity index (χ4n) is 2.93. The number of hydrogen-bond donors (Lipinski definition) is 2. The van der Waals surface area contributed by atoms with E-state index in [1.54, 1.807) is 35.2 Å². The van der Waals surface area contributed by atoms with E-state index in [2.05, 4.69) is 26.1 Å². The summed E-state index contributed by atoms with van der Waals surface area (Å²) in [5, 5.41) is 12.6. The molecule has 1 fully saturated rings. The minimum absolute atomic E-state index is 0.0259. The Morgan fingerprint density at radius 3 is 2.46 bits per heavy atom. The molecule has 2 aromatic carbocycles. The van der Waals surface area contributed by atoms with Crippen LogP contribution in [0.4, 0.5) is 5.69 Å². The van der Waals surface area contributed by atoms with Crippen LogP contribution < -0.4 is 10.2 Å². The van der Waals surface area contributed by atoms with Gasteiger partial charge in [0.05, 0.1) is 12.2 Å². The van der Waals surface area contributed by atoms with Crippen molar-refractivity contribution in [3.8, 4) is 5.75 Å². The van der Waals surface area contributed by atoms with Gasteiger partial charge < -0.3 is 20.2 Å². The summed E-state index contributed by atoms with van der Waals surface area (Å²) in [5.41, 5.74) is 1.29. The second-order valence-electron chi connectivity index (χ2n) is 6.05. The summed E-state index contributed by atoms with van der Waals surface area (Å²) in [4.78, 5) is 28.3. The molecule has 26 heavy (non-hydrogen) atoms. The maximum Gasteiger partial charge on any atom is 0.251 e. The number of piperazine rings is 1. The lowest BCUT2D eigenvalue weighted by Gasteiger charge is -2.36. The first kappa shape index (κ1) is 18.3. The van der Waals surface area contributed by atoms with Crippen molar-refractivity contribution >= 4 is 33.4 Å². The summed E-state index contributed by atoms with van der Waals surface area (Å²) in [6.07, 6.45) is 0. The van der Waals surface area contributed by atoms with Crippen LogP contribution in [0.3, 0.4) is 0 Å². The fourth-order valence-corrected chi connectivity index (χ4v) is 3.33. The van der Waals surface area contributed by atoms with E-state index in [0.29, 0.717) is 31.7 Å². The summed E-state index contributed by atoms with van der Waals surface area (Å²) < 4.78 is 0.816. The fraction of sp³-hybridized carbons (Fsp3) is 0.263. The Labute approximate surface area is 160 Å². The smallest absolute Gasteiger partial charge is 0.251 e. The summed E-state index contributed by atoms with van der Waals surface area (Å²) in [6, 6.07) is 14.2. The maximum absolute atomic E-state index is 12.3. The van der Waals surface area contributed by atoms with E-state index in [9.17, 15) is 14.7 Å². The number of nitrogens with zero attached hydrogens (tertiary/aromatic N) is 2. The van der Waals surface area contributed by atoms with Gasteiger partial charge in [0.2, 0.25) is 5.91 Å². The molecule has 0 unspecified atom stereocenters. The molecule has 1 saturated heterocycles. The van der Waals surface area contributed by atoms with Crippen molar-refractivity contribution in [3.05, 3.63) is 58.6 Å². The standard InChI is InChI=1S/C19H20BrN3O3/c20-15-5-3-4-14(12-15)19(26)21-13-18(25)23-10-8-22(9-11-23)16-6-1-2-7-17(16)24/h1-7,12,24H,8-11,13H2,(H,21,26). The van der Waals surface area contributed by atoms with E-state index in [-0.39, 0.29) is 24.1 Å². The van der Waals surface area contributed by atoms with E-state index in [4.69, 9.17) is 0 Å². The van der Waals surface area contributed by atoms with Crippen LogP contribution in [-0.4, -0.2) is 54.5 Å². The molecule has 0 saturated carbocycles. The number of carbonyl (C=O) groups excluding carboxylic acids is 2. The average Bonchev–Trinajstić information content (AvgIpc) is 2.66. The van der Waals surface area contributed by atoms with Crippen molar-refractivity contribution in [1.82, 2.24) is 10.2 Å². The van der Waals surface area contributed by atoms with E-state index in [1.165, 1.54) is 0 Å². The van der Waals surface area contributed by atoms with Gasteiger partial charge in [-0.05, 0) is 30.3 Å². The lowest BCUT2D eigenvalue weighted by atomic mass is 10.2. The Bertz CT molecular complexity index is 804. The third-order valence-electron chi connectivity index (χ3n) is 4.34. The van der Waals surface area contributed by atoms with Crippen molar-refractivity contribution in [2.75, 3.05) is 37.6 Å². The molecule has 1 aliphatic rings. The van der Waals surface area contributed by atoms with Crippen LogP contribution in [0, 0.1) is 0 Å². The lowest BCUT2D eigenvalue weighted by Crippen LogP contribution is -2.51. The summed E-state index contributed by atoms with van der Waals surface area (Å²) in [6.45, 7) is 2.37. The summed E-state index contributed by atoms with van der Waals surface area (Å²) in [7, 11) is 0. The Hall–Kier alpha value is -2.54. The van der Waals surface area contributed by atoms with Gasteiger partial charge in [-0.15, -0.1) is 0 Å². The van der Waals surface area contributed by atoms with E-state index >= 15 is 0 Å². The number of carbonyl (C=O) groups is 2. The van der Waals surface area contributed by atoms with Crippen LogP contribution in [-0.2, 0) is 4.79 Å². The van der Waals surface area contributed by atoms with Crippen molar-refractivity contribution in [2.45, 2.75) is 0 Å². The highest BCUT2D eigenvalue weighted by Crippen LogP contribution is 2.27. The number of para-hydroxylation sites is 2. The topological polar surface area (TPSA) is 72.9 Å². The molecule has 7 heteroatoms. The molecule has 6 nitrogen and oxygen atoms in total. The molecule has 0 aromatic heterocycles. The first-order valence-corrected chi connectivity index (χ1v) is 9.18. The number of phenols is 1. The van der Waals surface area contributed by atoms with E-state index in [0.717, 1.165) is 10.2 Å². The summed E-state index contributed by atoms with van der Waals surface area (Å²) >= 11 is 3.33. The zero-order chi connectivity index (χ0) is 18.5. The molecule has 1 heterocycles. The number of benzene rings is 2. The highest BCUT2D eigenvalue weighted by Gasteiger charge is 2.22. The van der Waals surface area contributed by atoms with Crippen molar-refractivity contribution < 1.29 is 14.7 Å². The largest absolute Gasteiger partial charge is 0.506 e. The zero-order valence-corrected chi connectivity index (χ0v) is 15.8. The number of anilines is 1. The number of nitrogens with one attached hydrogen (secondary N) is 1. The Morgan fingerprint density at radius 2 is 1.77 bits per heavy atom. The first-order chi connectivity index (χ1) is 12.5. The zero-order valence-electron chi connectivity index (χ0n) is 14.2. The SMILES string of the molecule is O=C(NCC(=O)N1CCN(c2ccccc2O)CC1)c1cccc(Br)c1. The van der Waals surface area contributed by atoms with Gasteiger partial charge in [0, 0.05) is 36.2 Å². The molecule has 136 valence electrons. The molecule has 0 bridgehead atoms. The van der Waals surface area contributed by atoms with Crippen LogP contribution in [0.25, 0.3) is 0 Å². The van der Waals surface area contributed by atoms with Gasteiger partial charge >= 0.3 is 0 Å². The quantitative estimate of drug-likeness (QED) is 0.799. The minimum Gasteiger partial charge on any atom is -0.506 e. The molecule has 2 aromatic rings. The minimum atomic E-state index is -0.271. The van der Waals surface area contributed by atoms with Gasteiger partial charge in [-0.1, -0.05) is 34.1 Å². The van der Waals surface area contributed by atoms with Gasteiger partial charge in [-0.3, -0.25) is 9.59 Å². The lowest BCUT2D eigenvalue weighted by molar-refractivity contribution is -0.130. The molecule has 0 aliphatic carbocycles. The summed E-state index contributed by atoms with van der Waals surface area (Å²) in [5.74, 6) is -0.133. The Morgan fingerprint density at radius 1 is 1.04 bits per heavy atom. The molecule has 0 radical (unpaired) electrons. The number of aromatic hydroxyl groups is 1. The third-order valence-corrected chi connectivity index (χ3v) is 4.84. The van der Waals surface area contributed by atoms with Crippen molar-refractivity contribution in [1.29, 1.82) is 0 Å². The van der Waals surface area contributed by atoms with Gasteiger partial charge in [0.25, 0.3) is 5.91 Å². The van der Waals surface area contributed by atoms with Crippen LogP contribution in [0.15, 0.2) is 53.0 Å². The molecule has 1 aliphatic heterocycles.